The third-order valence-corrected chi connectivity index (χ3v) is 2.10. The van der Waals surface area contributed by atoms with Crippen LogP contribution in [-0.4, -0.2) is 32.3 Å². The summed E-state index contributed by atoms with van der Waals surface area (Å²) in [6.45, 7) is 5.51. The van der Waals surface area contributed by atoms with Crippen LogP contribution in [0.15, 0.2) is 4.99 Å². The molecule has 1 atom stereocenters. The van der Waals surface area contributed by atoms with E-state index < -0.39 is 0 Å². The van der Waals surface area contributed by atoms with Crippen molar-refractivity contribution in [2.45, 2.75) is 19.8 Å². The number of nitrogens with zero attached hydrogens (tertiary/aromatic N) is 1. The molecular formula is C9H19N3O. The van der Waals surface area contributed by atoms with Crippen molar-refractivity contribution >= 4 is 5.96 Å². The number of ether oxygens (including phenoxy) is 1. The second kappa shape index (κ2) is 5.80. The molecule has 1 aliphatic heterocycles. The van der Waals surface area contributed by atoms with Crippen molar-refractivity contribution in [3.05, 3.63) is 0 Å². The second-order valence-corrected chi connectivity index (χ2v) is 3.38. The van der Waals surface area contributed by atoms with E-state index in [1.54, 1.807) is 0 Å². The van der Waals surface area contributed by atoms with Gasteiger partial charge in [0.15, 0.2) is 5.96 Å². The number of rotatable bonds is 4. The Morgan fingerprint density at radius 1 is 1.69 bits per heavy atom. The fourth-order valence-electron chi connectivity index (χ4n) is 1.26. The van der Waals surface area contributed by atoms with Gasteiger partial charge in [0.1, 0.15) is 0 Å². The normalized spacial score (nSPS) is 23.5. The van der Waals surface area contributed by atoms with Gasteiger partial charge in [0.2, 0.25) is 0 Å². The standard InChI is InChI=1S/C9H19N3O/c1-2-4-11-9(10)12-6-8-3-5-13-7-8/h8H,2-7H2,1H3,(H3,10,11,12). The van der Waals surface area contributed by atoms with Crippen LogP contribution >= 0.6 is 0 Å². The molecule has 1 rings (SSSR count). The summed E-state index contributed by atoms with van der Waals surface area (Å²) < 4.78 is 5.24. The molecule has 0 amide bonds. The lowest BCUT2D eigenvalue weighted by atomic mass is 10.1. The Balaban J connectivity index is 2.13. The molecule has 1 fully saturated rings. The Labute approximate surface area is 79.6 Å². The molecule has 3 N–H and O–H groups in total. The summed E-state index contributed by atoms with van der Waals surface area (Å²) in [4.78, 5) is 4.25. The third-order valence-electron chi connectivity index (χ3n) is 2.10. The van der Waals surface area contributed by atoms with Crippen molar-refractivity contribution in [3.8, 4) is 0 Å². The number of hydrogen-bond acceptors (Lipinski definition) is 2. The second-order valence-electron chi connectivity index (χ2n) is 3.38. The summed E-state index contributed by atoms with van der Waals surface area (Å²) >= 11 is 0. The molecular weight excluding hydrogens is 166 g/mol. The Hall–Kier alpha value is -0.770. The van der Waals surface area contributed by atoms with E-state index >= 15 is 0 Å². The average Bonchev–Trinajstić information content (AvgIpc) is 2.64. The van der Waals surface area contributed by atoms with Gasteiger partial charge in [-0.2, -0.15) is 0 Å². The van der Waals surface area contributed by atoms with Crippen LogP contribution < -0.4 is 11.1 Å². The Bertz CT molecular complexity index is 164. The van der Waals surface area contributed by atoms with E-state index in [0.29, 0.717) is 11.9 Å². The van der Waals surface area contributed by atoms with E-state index in [1.807, 2.05) is 0 Å². The van der Waals surface area contributed by atoms with Crippen molar-refractivity contribution in [2.75, 3.05) is 26.3 Å². The van der Waals surface area contributed by atoms with Gasteiger partial charge in [-0.25, -0.2) is 0 Å². The molecule has 13 heavy (non-hydrogen) atoms. The van der Waals surface area contributed by atoms with Crippen molar-refractivity contribution in [1.82, 2.24) is 5.32 Å². The van der Waals surface area contributed by atoms with Gasteiger partial charge in [-0.15, -0.1) is 0 Å². The average molecular weight is 185 g/mol. The SMILES string of the molecule is CCCNC(N)=NCC1CCOC1. The summed E-state index contributed by atoms with van der Waals surface area (Å²) in [5.74, 6) is 1.13. The zero-order chi connectivity index (χ0) is 9.52. The summed E-state index contributed by atoms with van der Waals surface area (Å²) in [7, 11) is 0. The molecule has 4 heteroatoms. The Morgan fingerprint density at radius 3 is 3.15 bits per heavy atom. The van der Waals surface area contributed by atoms with Crippen LogP contribution in [0.25, 0.3) is 0 Å². The van der Waals surface area contributed by atoms with Gasteiger partial charge in [0.05, 0.1) is 6.61 Å². The van der Waals surface area contributed by atoms with E-state index in [4.69, 9.17) is 10.5 Å². The van der Waals surface area contributed by atoms with Gasteiger partial charge in [-0.05, 0) is 12.8 Å². The third kappa shape index (κ3) is 4.12. The highest BCUT2D eigenvalue weighted by Gasteiger charge is 2.14. The quantitative estimate of drug-likeness (QED) is 0.490. The van der Waals surface area contributed by atoms with Crippen molar-refractivity contribution in [2.24, 2.45) is 16.6 Å². The van der Waals surface area contributed by atoms with E-state index in [2.05, 4.69) is 17.2 Å². The van der Waals surface area contributed by atoms with Gasteiger partial charge in [0, 0.05) is 25.6 Å². The first-order valence-electron chi connectivity index (χ1n) is 4.94. The number of nitrogens with one attached hydrogen (secondary N) is 1. The van der Waals surface area contributed by atoms with Crippen molar-refractivity contribution in [3.63, 3.8) is 0 Å². The van der Waals surface area contributed by atoms with Crippen LogP contribution in [-0.2, 0) is 4.74 Å². The molecule has 1 unspecified atom stereocenters. The molecule has 0 aromatic carbocycles. The van der Waals surface area contributed by atoms with Crippen LogP contribution in [0, 0.1) is 5.92 Å². The van der Waals surface area contributed by atoms with Gasteiger partial charge in [0.25, 0.3) is 0 Å². The number of guanidine groups is 1. The largest absolute Gasteiger partial charge is 0.381 e. The molecule has 1 aliphatic rings. The molecule has 1 heterocycles. The maximum absolute atomic E-state index is 5.64. The van der Waals surface area contributed by atoms with E-state index in [9.17, 15) is 0 Å². The zero-order valence-corrected chi connectivity index (χ0v) is 8.25. The van der Waals surface area contributed by atoms with Gasteiger partial charge >= 0.3 is 0 Å². The molecule has 0 radical (unpaired) electrons. The monoisotopic (exact) mass is 185 g/mol. The molecule has 0 aromatic rings. The lowest BCUT2D eigenvalue weighted by Gasteiger charge is -2.05. The smallest absolute Gasteiger partial charge is 0.188 e. The maximum atomic E-state index is 5.64. The lowest BCUT2D eigenvalue weighted by molar-refractivity contribution is 0.187. The van der Waals surface area contributed by atoms with Crippen LogP contribution in [0.2, 0.25) is 0 Å². The van der Waals surface area contributed by atoms with Gasteiger partial charge < -0.3 is 15.8 Å². The zero-order valence-electron chi connectivity index (χ0n) is 8.25. The van der Waals surface area contributed by atoms with E-state index in [-0.39, 0.29) is 0 Å². The number of aliphatic imine (C=N–C) groups is 1. The maximum Gasteiger partial charge on any atom is 0.188 e. The molecule has 0 saturated carbocycles. The molecule has 0 bridgehead atoms. The van der Waals surface area contributed by atoms with Gasteiger partial charge in [-0.1, -0.05) is 6.92 Å². The summed E-state index contributed by atoms with van der Waals surface area (Å²) in [5.41, 5.74) is 5.64. The minimum absolute atomic E-state index is 0.564. The fraction of sp³-hybridized carbons (Fsp3) is 0.889. The van der Waals surface area contributed by atoms with Gasteiger partial charge in [-0.3, -0.25) is 4.99 Å². The van der Waals surface area contributed by atoms with Crippen LogP contribution in [0.5, 0.6) is 0 Å². The minimum atomic E-state index is 0.564. The minimum Gasteiger partial charge on any atom is -0.381 e. The lowest BCUT2D eigenvalue weighted by Crippen LogP contribution is -2.32. The highest BCUT2D eigenvalue weighted by atomic mass is 16.5. The molecule has 4 nitrogen and oxygen atoms in total. The molecule has 76 valence electrons. The predicted molar refractivity (Wildman–Crippen MR) is 53.7 cm³/mol. The highest BCUT2D eigenvalue weighted by molar-refractivity contribution is 5.77. The highest BCUT2D eigenvalue weighted by Crippen LogP contribution is 2.11. The fourth-order valence-corrected chi connectivity index (χ4v) is 1.26. The van der Waals surface area contributed by atoms with Crippen molar-refractivity contribution < 1.29 is 4.74 Å². The number of nitrogens with two attached hydrogens (primary N) is 1. The summed E-state index contributed by atoms with van der Waals surface area (Å²) in [5, 5.41) is 3.04. The molecule has 0 aromatic heterocycles. The summed E-state index contributed by atoms with van der Waals surface area (Å²) in [6.07, 6.45) is 2.19. The van der Waals surface area contributed by atoms with Crippen LogP contribution in [0.1, 0.15) is 19.8 Å². The topological polar surface area (TPSA) is 59.6 Å². The van der Waals surface area contributed by atoms with E-state index in [1.165, 1.54) is 0 Å². The van der Waals surface area contributed by atoms with Crippen molar-refractivity contribution in [1.29, 1.82) is 0 Å². The first kappa shape index (κ1) is 10.3. The Morgan fingerprint density at radius 2 is 2.54 bits per heavy atom. The predicted octanol–water partition coefficient (Wildman–Crippen LogP) is 0.337. The molecule has 0 spiro atoms. The van der Waals surface area contributed by atoms with Crippen LogP contribution in [0.3, 0.4) is 0 Å². The molecule has 1 saturated heterocycles. The first-order chi connectivity index (χ1) is 6.33. The first-order valence-corrected chi connectivity index (χ1v) is 4.94. The van der Waals surface area contributed by atoms with E-state index in [0.717, 1.165) is 39.1 Å². The summed E-state index contributed by atoms with van der Waals surface area (Å²) in [6, 6.07) is 0. The number of hydrogen-bond donors (Lipinski definition) is 2. The van der Waals surface area contributed by atoms with Crippen LogP contribution in [0.4, 0.5) is 0 Å². The molecule has 0 aliphatic carbocycles. The Kier molecular flexibility index (Phi) is 4.60.